The molecule has 0 unspecified atom stereocenters. The van der Waals surface area contributed by atoms with E-state index < -0.39 is 5.79 Å². The first-order chi connectivity index (χ1) is 4.72. The van der Waals surface area contributed by atoms with Gasteiger partial charge in [-0.1, -0.05) is 13.8 Å². The first-order valence-electron chi connectivity index (χ1n) is 3.48. The van der Waals surface area contributed by atoms with Crippen LogP contribution in [0.15, 0.2) is 12.2 Å². The fourth-order valence-corrected chi connectivity index (χ4v) is 0.957. The van der Waals surface area contributed by atoms with Gasteiger partial charge in [-0.25, -0.2) is 0 Å². The van der Waals surface area contributed by atoms with Gasteiger partial charge in [0.05, 0.1) is 0 Å². The Labute approximate surface area is 60.3 Å². The monoisotopic (exact) mass is 144 g/mol. The quantitative estimate of drug-likeness (QED) is 0.643. The van der Waals surface area contributed by atoms with Crippen molar-refractivity contribution in [3.05, 3.63) is 12.2 Å². The van der Waals surface area contributed by atoms with Gasteiger partial charge in [-0.05, 0) is 0 Å². The Morgan fingerprint density at radius 3 is 2.30 bits per heavy atom. The fraction of sp³-hybridized carbons (Fsp3) is 0.714. The van der Waals surface area contributed by atoms with Gasteiger partial charge < -0.3 is 14.6 Å². The zero-order chi connectivity index (χ0) is 7.61. The average molecular weight is 144 g/mol. The van der Waals surface area contributed by atoms with Crippen molar-refractivity contribution in [1.29, 1.82) is 0 Å². The molecular weight excluding hydrogens is 132 g/mol. The molecule has 0 bridgehead atoms. The lowest BCUT2D eigenvalue weighted by atomic mass is 10.1. The highest BCUT2D eigenvalue weighted by molar-refractivity contribution is 4.87. The van der Waals surface area contributed by atoms with Crippen molar-refractivity contribution in [1.82, 2.24) is 0 Å². The van der Waals surface area contributed by atoms with Crippen LogP contribution in [0.2, 0.25) is 0 Å². The molecule has 0 atom stereocenters. The van der Waals surface area contributed by atoms with E-state index in [2.05, 4.69) is 0 Å². The summed E-state index contributed by atoms with van der Waals surface area (Å²) in [5.41, 5.74) is 0. The third-order valence-corrected chi connectivity index (χ3v) is 1.74. The zero-order valence-electron chi connectivity index (χ0n) is 6.26. The molecule has 0 aliphatic carbocycles. The topological polar surface area (TPSA) is 38.7 Å². The van der Waals surface area contributed by atoms with Crippen molar-refractivity contribution in [3.8, 4) is 0 Å². The molecule has 58 valence electrons. The molecule has 3 heteroatoms. The first kappa shape index (κ1) is 7.25. The van der Waals surface area contributed by atoms with Gasteiger partial charge in [0, 0.05) is 12.8 Å². The molecule has 0 saturated carbocycles. The molecule has 10 heavy (non-hydrogen) atoms. The second kappa shape index (κ2) is 2.40. The summed E-state index contributed by atoms with van der Waals surface area (Å²) in [5.74, 6) is -0.715. The number of ether oxygens (including phenoxy) is 2. The normalized spacial score (nSPS) is 21.2. The Morgan fingerprint density at radius 2 is 2.10 bits per heavy atom. The standard InChI is InChI=1S/C7H12O3/c1-3-7(4-2)9-5-6(8)10-7/h5,8H,3-4H2,1-2H3. The van der Waals surface area contributed by atoms with Crippen LogP contribution in [0.1, 0.15) is 26.7 Å². The summed E-state index contributed by atoms with van der Waals surface area (Å²) in [4.78, 5) is 0. The predicted octanol–water partition coefficient (Wildman–Crippen LogP) is 1.91. The van der Waals surface area contributed by atoms with Gasteiger partial charge in [0.25, 0.3) is 5.79 Å². The summed E-state index contributed by atoms with van der Waals surface area (Å²) in [6, 6.07) is 0. The Morgan fingerprint density at radius 1 is 1.50 bits per heavy atom. The molecule has 0 aromatic carbocycles. The van der Waals surface area contributed by atoms with Gasteiger partial charge in [-0.3, -0.25) is 0 Å². The van der Waals surface area contributed by atoms with E-state index in [1.807, 2.05) is 13.8 Å². The van der Waals surface area contributed by atoms with Crippen LogP contribution in [-0.2, 0) is 9.47 Å². The Kier molecular flexibility index (Phi) is 1.74. The molecule has 0 saturated heterocycles. The minimum absolute atomic E-state index is 0.122. The summed E-state index contributed by atoms with van der Waals surface area (Å²) in [5, 5.41) is 8.84. The Bertz CT molecular complexity index is 147. The van der Waals surface area contributed by atoms with Crippen molar-refractivity contribution < 1.29 is 14.6 Å². The van der Waals surface area contributed by atoms with Crippen molar-refractivity contribution in [2.75, 3.05) is 0 Å². The van der Waals surface area contributed by atoms with E-state index in [9.17, 15) is 0 Å². The molecule has 0 aromatic rings. The second-order valence-electron chi connectivity index (χ2n) is 2.29. The van der Waals surface area contributed by atoms with Crippen LogP contribution in [-0.4, -0.2) is 10.9 Å². The Hall–Kier alpha value is -0.860. The molecule has 0 amide bonds. The molecular formula is C7H12O3. The molecule has 1 aliphatic heterocycles. The number of aliphatic hydroxyl groups is 1. The van der Waals surface area contributed by atoms with Crippen molar-refractivity contribution in [2.24, 2.45) is 0 Å². The SMILES string of the molecule is CCC1(CC)OC=C(O)O1. The van der Waals surface area contributed by atoms with Crippen LogP contribution in [0, 0.1) is 0 Å². The molecule has 1 rings (SSSR count). The second-order valence-corrected chi connectivity index (χ2v) is 2.29. The van der Waals surface area contributed by atoms with Gasteiger partial charge in [0.2, 0.25) is 0 Å². The zero-order valence-corrected chi connectivity index (χ0v) is 6.26. The maximum atomic E-state index is 8.84. The molecule has 0 fully saturated rings. The maximum absolute atomic E-state index is 8.84. The summed E-state index contributed by atoms with van der Waals surface area (Å²) in [6.07, 6.45) is 2.72. The first-order valence-corrected chi connectivity index (χ1v) is 3.48. The minimum Gasteiger partial charge on any atom is -0.479 e. The van der Waals surface area contributed by atoms with Gasteiger partial charge in [0.1, 0.15) is 0 Å². The van der Waals surface area contributed by atoms with Crippen LogP contribution in [0.3, 0.4) is 0 Å². The van der Waals surface area contributed by atoms with Gasteiger partial charge in [-0.2, -0.15) is 0 Å². The van der Waals surface area contributed by atoms with E-state index in [4.69, 9.17) is 14.6 Å². The maximum Gasteiger partial charge on any atom is 0.316 e. The van der Waals surface area contributed by atoms with Crippen molar-refractivity contribution in [3.63, 3.8) is 0 Å². The lowest BCUT2D eigenvalue weighted by Gasteiger charge is -2.24. The van der Waals surface area contributed by atoms with E-state index >= 15 is 0 Å². The number of rotatable bonds is 2. The van der Waals surface area contributed by atoms with Crippen LogP contribution in [0.4, 0.5) is 0 Å². The highest BCUT2D eigenvalue weighted by atomic mass is 16.8. The number of aliphatic hydroxyl groups excluding tert-OH is 1. The third-order valence-electron chi connectivity index (χ3n) is 1.74. The van der Waals surface area contributed by atoms with Gasteiger partial charge in [0.15, 0.2) is 6.26 Å². The predicted molar refractivity (Wildman–Crippen MR) is 36.2 cm³/mol. The van der Waals surface area contributed by atoms with Crippen molar-refractivity contribution >= 4 is 0 Å². The van der Waals surface area contributed by atoms with E-state index in [1.165, 1.54) is 6.26 Å². The van der Waals surface area contributed by atoms with Gasteiger partial charge in [-0.15, -0.1) is 0 Å². The smallest absolute Gasteiger partial charge is 0.316 e. The Balaban J connectivity index is 2.57. The molecule has 1 heterocycles. The number of hydrogen-bond donors (Lipinski definition) is 1. The van der Waals surface area contributed by atoms with Crippen LogP contribution in [0.5, 0.6) is 0 Å². The highest BCUT2D eigenvalue weighted by Crippen LogP contribution is 2.29. The minimum atomic E-state index is -0.593. The van der Waals surface area contributed by atoms with E-state index in [1.54, 1.807) is 0 Å². The molecule has 0 spiro atoms. The summed E-state index contributed by atoms with van der Waals surface area (Å²) in [7, 11) is 0. The number of hydrogen-bond acceptors (Lipinski definition) is 3. The largest absolute Gasteiger partial charge is 0.479 e. The lowest BCUT2D eigenvalue weighted by molar-refractivity contribution is -0.167. The van der Waals surface area contributed by atoms with E-state index in [0.29, 0.717) is 0 Å². The van der Waals surface area contributed by atoms with E-state index in [0.717, 1.165) is 12.8 Å². The van der Waals surface area contributed by atoms with E-state index in [-0.39, 0.29) is 5.95 Å². The fourth-order valence-electron chi connectivity index (χ4n) is 0.957. The summed E-state index contributed by atoms with van der Waals surface area (Å²) in [6.45, 7) is 3.91. The molecule has 1 aliphatic rings. The van der Waals surface area contributed by atoms with Gasteiger partial charge >= 0.3 is 5.95 Å². The lowest BCUT2D eigenvalue weighted by Crippen LogP contribution is -2.28. The molecule has 3 nitrogen and oxygen atoms in total. The van der Waals surface area contributed by atoms with Crippen LogP contribution < -0.4 is 0 Å². The summed E-state index contributed by atoms with van der Waals surface area (Å²) >= 11 is 0. The van der Waals surface area contributed by atoms with Crippen molar-refractivity contribution in [2.45, 2.75) is 32.5 Å². The molecule has 0 aromatic heterocycles. The average Bonchev–Trinajstić information content (AvgIpc) is 2.33. The third kappa shape index (κ3) is 1.03. The highest BCUT2D eigenvalue weighted by Gasteiger charge is 2.34. The van der Waals surface area contributed by atoms with Crippen LogP contribution in [0.25, 0.3) is 0 Å². The molecule has 0 radical (unpaired) electrons. The van der Waals surface area contributed by atoms with Crippen LogP contribution >= 0.6 is 0 Å². The molecule has 1 N–H and O–H groups in total. The summed E-state index contributed by atoms with van der Waals surface area (Å²) < 4.78 is 10.2.